The van der Waals surface area contributed by atoms with Gasteiger partial charge >= 0.3 is 0 Å². The standard InChI is InChI=1S/C17H22N4S/c1-20(2)8-4-9-21(3)17-14-7-10-22-16(14)13-6-5-12(18)11-15(13)19-17/h5-7,10-11H,4,8-9,18H2,1-3H3. The predicted molar refractivity (Wildman–Crippen MR) is 98.0 cm³/mol. The summed E-state index contributed by atoms with van der Waals surface area (Å²) in [4.78, 5) is 9.34. The zero-order valence-electron chi connectivity index (χ0n) is 13.3. The van der Waals surface area contributed by atoms with E-state index in [0.29, 0.717) is 0 Å². The summed E-state index contributed by atoms with van der Waals surface area (Å²) in [6.07, 6.45) is 1.12. The number of anilines is 2. The third-order valence-electron chi connectivity index (χ3n) is 3.86. The first-order chi connectivity index (χ1) is 10.6. The minimum Gasteiger partial charge on any atom is -0.399 e. The van der Waals surface area contributed by atoms with Crippen LogP contribution in [0.2, 0.25) is 0 Å². The van der Waals surface area contributed by atoms with Gasteiger partial charge in [0.2, 0.25) is 0 Å². The summed E-state index contributed by atoms with van der Waals surface area (Å²) in [5.74, 6) is 1.05. The highest BCUT2D eigenvalue weighted by molar-refractivity contribution is 7.18. The molecule has 0 amide bonds. The lowest BCUT2D eigenvalue weighted by Gasteiger charge is -2.21. The van der Waals surface area contributed by atoms with Crippen LogP contribution < -0.4 is 10.6 Å². The van der Waals surface area contributed by atoms with Gasteiger partial charge in [0.1, 0.15) is 5.82 Å². The lowest BCUT2D eigenvalue weighted by Crippen LogP contribution is -2.24. The maximum absolute atomic E-state index is 5.93. The van der Waals surface area contributed by atoms with Crippen molar-refractivity contribution in [1.82, 2.24) is 9.88 Å². The summed E-state index contributed by atoms with van der Waals surface area (Å²) in [6.45, 7) is 2.07. The van der Waals surface area contributed by atoms with Crippen LogP contribution in [0.1, 0.15) is 6.42 Å². The Labute approximate surface area is 135 Å². The van der Waals surface area contributed by atoms with Crippen molar-refractivity contribution >= 4 is 43.8 Å². The summed E-state index contributed by atoms with van der Waals surface area (Å²) >= 11 is 1.77. The largest absolute Gasteiger partial charge is 0.399 e. The molecule has 1 aromatic carbocycles. The van der Waals surface area contributed by atoms with E-state index >= 15 is 0 Å². The molecule has 5 heteroatoms. The monoisotopic (exact) mass is 314 g/mol. The van der Waals surface area contributed by atoms with Gasteiger partial charge < -0.3 is 15.5 Å². The molecule has 116 valence electrons. The Morgan fingerprint density at radius 2 is 1.91 bits per heavy atom. The fourth-order valence-electron chi connectivity index (χ4n) is 2.72. The quantitative estimate of drug-likeness (QED) is 0.733. The zero-order chi connectivity index (χ0) is 15.7. The van der Waals surface area contributed by atoms with Crippen LogP contribution in [0.15, 0.2) is 29.6 Å². The average Bonchev–Trinajstić information content (AvgIpc) is 2.94. The Morgan fingerprint density at radius 1 is 1.09 bits per heavy atom. The molecule has 3 aromatic rings. The third kappa shape index (κ3) is 2.87. The van der Waals surface area contributed by atoms with Crippen LogP contribution in [0.3, 0.4) is 0 Å². The Bertz CT molecular complexity index is 794. The molecular formula is C17H22N4S. The summed E-state index contributed by atoms with van der Waals surface area (Å²) in [5, 5.41) is 4.55. The van der Waals surface area contributed by atoms with Crippen molar-refractivity contribution in [1.29, 1.82) is 0 Å². The van der Waals surface area contributed by atoms with Crippen molar-refractivity contribution in [2.24, 2.45) is 0 Å². The van der Waals surface area contributed by atoms with E-state index in [0.717, 1.165) is 36.5 Å². The summed E-state index contributed by atoms with van der Waals surface area (Å²) in [6, 6.07) is 8.15. The van der Waals surface area contributed by atoms with Gasteiger partial charge in [0, 0.05) is 34.8 Å². The van der Waals surface area contributed by atoms with Crippen LogP contribution >= 0.6 is 11.3 Å². The molecule has 0 aliphatic rings. The van der Waals surface area contributed by atoms with E-state index in [2.05, 4.69) is 48.5 Å². The molecule has 22 heavy (non-hydrogen) atoms. The maximum Gasteiger partial charge on any atom is 0.137 e. The lowest BCUT2D eigenvalue weighted by atomic mass is 10.1. The molecule has 2 aromatic heterocycles. The second-order valence-electron chi connectivity index (χ2n) is 5.95. The number of thiophene rings is 1. The number of nitrogen functional groups attached to an aromatic ring is 1. The second-order valence-corrected chi connectivity index (χ2v) is 6.87. The first kappa shape index (κ1) is 15.1. The summed E-state index contributed by atoms with van der Waals surface area (Å²) in [5.41, 5.74) is 7.66. The maximum atomic E-state index is 5.93. The first-order valence-corrected chi connectivity index (χ1v) is 8.36. The lowest BCUT2D eigenvalue weighted by molar-refractivity contribution is 0.401. The fraction of sp³-hybridized carbons (Fsp3) is 0.353. The highest BCUT2D eigenvalue weighted by Crippen LogP contribution is 2.35. The molecule has 0 saturated carbocycles. The molecule has 0 unspecified atom stereocenters. The molecule has 0 bridgehead atoms. The molecule has 0 aliphatic heterocycles. The average molecular weight is 314 g/mol. The second kappa shape index (κ2) is 6.10. The molecule has 0 aliphatic carbocycles. The Balaban J connectivity index is 2.01. The van der Waals surface area contributed by atoms with Gasteiger partial charge in [-0.2, -0.15) is 0 Å². The van der Waals surface area contributed by atoms with Gasteiger partial charge in [-0.05, 0) is 56.7 Å². The molecule has 3 rings (SSSR count). The van der Waals surface area contributed by atoms with Gasteiger partial charge in [-0.25, -0.2) is 4.98 Å². The van der Waals surface area contributed by atoms with Gasteiger partial charge in [-0.1, -0.05) is 0 Å². The number of rotatable bonds is 5. The first-order valence-electron chi connectivity index (χ1n) is 7.48. The predicted octanol–water partition coefficient (Wildman–Crippen LogP) is 3.42. The van der Waals surface area contributed by atoms with Crippen LogP contribution in [0.25, 0.3) is 21.0 Å². The van der Waals surface area contributed by atoms with Gasteiger partial charge in [-0.3, -0.25) is 0 Å². The number of hydrogen-bond acceptors (Lipinski definition) is 5. The molecular weight excluding hydrogens is 292 g/mol. The van der Waals surface area contributed by atoms with Crippen molar-refractivity contribution in [2.75, 3.05) is 44.9 Å². The van der Waals surface area contributed by atoms with Crippen molar-refractivity contribution in [3.05, 3.63) is 29.6 Å². The number of hydrogen-bond donors (Lipinski definition) is 1. The molecule has 0 radical (unpaired) electrons. The summed E-state index contributed by atoms with van der Waals surface area (Å²) in [7, 11) is 6.33. The van der Waals surface area contributed by atoms with Gasteiger partial charge in [-0.15, -0.1) is 11.3 Å². The molecule has 0 saturated heterocycles. The minimum absolute atomic E-state index is 0.761. The van der Waals surface area contributed by atoms with Crippen LogP contribution in [0, 0.1) is 0 Å². The van der Waals surface area contributed by atoms with Crippen LogP contribution in [0.5, 0.6) is 0 Å². The molecule has 4 nitrogen and oxygen atoms in total. The van der Waals surface area contributed by atoms with Crippen LogP contribution in [-0.2, 0) is 0 Å². The molecule has 0 fully saturated rings. The minimum atomic E-state index is 0.761. The van der Waals surface area contributed by atoms with Crippen molar-refractivity contribution in [3.63, 3.8) is 0 Å². The van der Waals surface area contributed by atoms with Crippen molar-refractivity contribution < 1.29 is 0 Å². The van der Waals surface area contributed by atoms with E-state index in [9.17, 15) is 0 Å². The van der Waals surface area contributed by atoms with Crippen LogP contribution in [0.4, 0.5) is 11.5 Å². The third-order valence-corrected chi connectivity index (χ3v) is 4.81. The van der Waals surface area contributed by atoms with E-state index in [1.54, 1.807) is 11.3 Å². The topological polar surface area (TPSA) is 45.4 Å². The number of fused-ring (bicyclic) bond motifs is 3. The Hall–Kier alpha value is -1.85. The van der Waals surface area contributed by atoms with E-state index in [4.69, 9.17) is 10.7 Å². The number of aromatic nitrogens is 1. The molecule has 2 heterocycles. The number of nitrogens with two attached hydrogens (primary N) is 1. The summed E-state index contributed by atoms with van der Waals surface area (Å²) < 4.78 is 1.29. The molecule has 2 N–H and O–H groups in total. The highest BCUT2D eigenvalue weighted by Gasteiger charge is 2.13. The van der Waals surface area contributed by atoms with Gasteiger partial charge in [0.05, 0.1) is 5.52 Å². The molecule has 0 spiro atoms. The van der Waals surface area contributed by atoms with E-state index in [-0.39, 0.29) is 0 Å². The van der Waals surface area contributed by atoms with Gasteiger partial charge in [0.25, 0.3) is 0 Å². The smallest absolute Gasteiger partial charge is 0.137 e. The van der Waals surface area contributed by atoms with E-state index in [1.165, 1.54) is 15.5 Å². The normalized spacial score (nSPS) is 11.6. The van der Waals surface area contributed by atoms with Crippen LogP contribution in [-0.4, -0.2) is 44.1 Å². The van der Waals surface area contributed by atoms with Gasteiger partial charge in [0.15, 0.2) is 0 Å². The van der Waals surface area contributed by atoms with Crippen molar-refractivity contribution in [3.8, 4) is 0 Å². The zero-order valence-corrected chi connectivity index (χ0v) is 14.2. The fourth-order valence-corrected chi connectivity index (χ4v) is 3.65. The Kier molecular flexibility index (Phi) is 4.18. The van der Waals surface area contributed by atoms with Crippen molar-refractivity contribution in [2.45, 2.75) is 6.42 Å². The molecule has 0 atom stereocenters. The van der Waals surface area contributed by atoms with E-state index in [1.807, 2.05) is 12.1 Å². The Morgan fingerprint density at radius 3 is 2.68 bits per heavy atom. The highest BCUT2D eigenvalue weighted by atomic mass is 32.1. The number of nitrogens with zero attached hydrogens (tertiary/aromatic N) is 3. The van der Waals surface area contributed by atoms with E-state index < -0.39 is 0 Å². The SMILES string of the molecule is CN(C)CCCN(C)c1nc2cc(N)ccc2c2sccc12. The number of benzene rings is 1. The number of pyridine rings is 1.